The molecule has 2 aromatic rings. The maximum absolute atomic E-state index is 11.7. The summed E-state index contributed by atoms with van der Waals surface area (Å²) in [6.07, 6.45) is -0.466. The Kier molecular flexibility index (Phi) is 5.83. The van der Waals surface area contributed by atoms with Crippen molar-refractivity contribution >= 4 is 6.09 Å². The van der Waals surface area contributed by atoms with Crippen LogP contribution in [0.3, 0.4) is 0 Å². The number of rotatable bonds is 6. The number of nitrogens with one attached hydrogen (secondary N) is 1. The molecule has 22 heavy (non-hydrogen) atoms. The zero-order chi connectivity index (χ0) is 15.8. The summed E-state index contributed by atoms with van der Waals surface area (Å²) in [5, 5.41) is 2.72. The van der Waals surface area contributed by atoms with Gasteiger partial charge in [0.15, 0.2) is 0 Å². The van der Waals surface area contributed by atoms with Crippen molar-refractivity contribution in [2.75, 3.05) is 6.61 Å². The monoisotopic (exact) mass is 299 g/mol. The smallest absolute Gasteiger partial charge is 0.412 e. The molecule has 1 amide bonds. The number of ether oxygens (including phenoxy) is 2. The van der Waals surface area contributed by atoms with E-state index in [1.54, 1.807) is 12.1 Å². The highest BCUT2D eigenvalue weighted by atomic mass is 16.6. The summed E-state index contributed by atoms with van der Waals surface area (Å²) in [6, 6.07) is 16.6. The molecule has 0 atom stereocenters. The Morgan fingerprint density at radius 2 is 1.68 bits per heavy atom. The Morgan fingerprint density at radius 1 is 1.00 bits per heavy atom. The van der Waals surface area contributed by atoms with E-state index in [4.69, 9.17) is 9.47 Å². The molecule has 0 unspecified atom stereocenters. The van der Waals surface area contributed by atoms with Crippen molar-refractivity contribution < 1.29 is 14.3 Å². The fourth-order valence-corrected chi connectivity index (χ4v) is 1.77. The van der Waals surface area contributed by atoms with Crippen molar-refractivity contribution in [2.24, 2.45) is 5.92 Å². The van der Waals surface area contributed by atoms with Gasteiger partial charge in [-0.1, -0.05) is 44.2 Å². The van der Waals surface area contributed by atoms with Gasteiger partial charge in [0.25, 0.3) is 0 Å². The summed E-state index contributed by atoms with van der Waals surface area (Å²) in [4.78, 5) is 11.7. The number of benzene rings is 2. The fourth-order valence-electron chi connectivity index (χ4n) is 1.77. The normalized spacial score (nSPS) is 10.3. The van der Waals surface area contributed by atoms with Gasteiger partial charge in [-0.2, -0.15) is 0 Å². The van der Waals surface area contributed by atoms with Crippen LogP contribution in [0, 0.1) is 5.92 Å². The van der Waals surface area contributed by atoms with Gasteiger partial charge >= 0.3 is 6.09 Å². The number of carbonyl (C=O) groups excluding carboxylic acids is 1. The number of para-hydroxylation sites is 1. The number of hydrogen-bond acceptors (Lipinski definition) is 3. The summed E-state index contributed by atoms with van der Waals surface area (Å²) in [7, 11) is 0. The minimum Gasteiger partial charge on any atom is -0.493 e. The molecule has 4 nitrogen and oxygen atoms in total. The van der Waals surface area contributed by atoms with Gasteiger partial charge in [0.1, 0.15) is 11.5 Å². The summed E-state index contributed by atoms with van der Waals surface area (Å²) < 4.78 is 10.8. The maximum Gasteiger partial charge on any atom is 0.412 e. The Hall–Kier alpha value is -2.49. The Morgan fingerprint density at radius 3 is 2.32 bits per heavy atom. The molecule has 0 saturated heterocycles. The molecular formula is C18H21NO3. The highest BCUT2D eigenvalue weighted by molar-refractivity contribution is 5.70. The van der Waals surface area contributed by atoms with Crippen LogP contribution in [0.1, 0.15) is 19.4 Å². The average molecular weight is 299 g/mol. The first-order valence-electron chi connectivity index (χ1n) is 7.36. The summed E-state index contributed by atoms with van der Waals surface area (Å²) in [5.41, 5.74) is 0.988. The topological polar surface area (TPSA) is 47.6 Å². The molecule has 0 radical (unpaired) electrons. The molecule has 0 aliphatic carbocycles. The minimum absolute atomic E-state index is 0.413. The van der Waals surface area contributed by atoms with E-state index >= 15 is 0 Å². The predicted molar refractivity (Wildman–Crippen MR) is 86.1 cm³/mol. The summed E-state index contributed by atoms with van der Waals surface area (Å²) in [6.45, 7) is 5.32. The lowest BCUT2D eigenvalue weighted by atomic mass is 10.2. The van der Waals surface area contributed by atoms with Crippen molar-refractivity contribution in [1.29, 1.82) is 0 Å². The lowest BCUT2D eigenvalue weighted by molar-refractivity contribution is 0.200. The third kappa shape index (κ3) is 5.48. The zero-order valence-electron chi connectivity index (χ0n) is 12.9. The first-order chi connectivity index (χ1) is 10.6. The van der Waals surface area contributed by atoms with Crippen LogP contribution in [0.15, 0.2) is 54.6 Å². The van der Waals surface area contributed by atoms with E-state index in [1.165, 1.54) is 0 Å². The number of hydrogen-bond donors (Lipinski definition) is 1. The first-order valence-corrected chi connectivity index (χ1v) is 7.36. The largest absolute Gasteiger partial charge is 0.493 e. The van der Waals surface area contributed by atoms with E-state index < -0.39 is 6.09 Å². The van der Waals surface area contributed by atoms with Gasteiger partial charge < -0.3 is 14.8 Å². The van der Waals surface area contributed by atoms with Crippen LogP contribution in [-0.4, -0.2) is 12.7 Å². The molecule has 0 aromatic heterocycles. The predicted octanol–water partition coefficient (Wildman–Crippen LogP) is 4.01. The molecule has 0 spiro atoms. The molecule has 0 aliphatic heterocycles. The lowest BCUT2D eigenvalue weighted by Crippen LogP contribution is -2.26. The van der Waals surface area contributed by atoms with E-state index in [-0.39, 0.29) is 0 Å². The van der Waals surface area contributed by atoms with Crippen LogP contribution >= 0.6 is 0 Å². The van der Waals surface area contributed by atoms with E-state index in [0.29, 0.717) is 24.8 Å². The van der Waals surface area contributed by atoms with Crippen molar-refractivity contribution in [3.05, 3.63) is 60.2 Å². The van der Waals surface area contributed by atoms with Gasteiger partial charge in [-0.05, 0) is 35.7 Å². The highest BCUT2D eigenvalue weighted by Crippen LogP contribution is 2.13. The molecule has 116 valence electrons. The molecule has 4 heteroatoms. The Balaban J connectivity index is 1.78. The minimum atomic E-state index is -0.466. The van der Waals surface area contributed by atoms with Crippen molar-refractivity contribution in [2.45, 2.75) is 20.4 Å². The van der Waals surface area contributed by atoms with Crippen LogP contribution in [0.4, 0.5) is 4.79 Å². The van der Waals surface area contributed by atoms with Crippen molar-refractivity contribution in [3.8, 4) is 11.5 Å². The molecule has 0 bridgehead atoms. The average Bonchev–Trinajstić information content (AvgIpc) is 2.53. The quantitative estimate of drug-likeness (QED) is 0.876. The second-order valence-electron chi connectivity index (χ2n) is 5.40. The van der Waals surface area contributed by atoms with Crippen LogP contribution in [0.25, 0.3) is 0 Å². The van der Waals surface area contributed by atoms with Crippen molar-refractivity contribution in [3.63, 3.8) is 0 Å². The number of carbonyl (C=O) groups is 1. The standard InChI is InChI=1S/C18H21NO3/c1-14(2)13-21-16-10-8-15(9-11-16)12-19-18(20)22-17-6-4-3-5-7-17/h3-11,14H,12-13H2,1-2H3,(H,19,20). The summed E-state index contributed by atoms with van der Waals surface area (Å²) in [5.74, 6) is 1.86. The molecule has 2 aromatic carbocycles. The zero-order valence-corrected chi connectivity index (χ0v) is 12.9. The Bertz CT molecular complexity index is 579. The van der Waals surface area contributed by atoms with E-state index in [1.807, 2.05) is 42.5 Å². The summed E-state index contributed by atoms with van der Waals surface area (Å²) >= 11 is 0. The Labute approximate surface area is 131 Å². The van der Waals surface area contributed by atoms with Gasteiger partial charge in [0.05, 0.1) is 6.61 Å². The van der Waals surface area contributed by atoms with E-state index in [9.17, 15) is 4.79 Å². The van der Waals surface area contributed by atoms with Crippen LogP contribution in [-0.2, 0) is 6.54 Å². The van der Waals surface area contributed by atoms with Gasteiger partial charge in [0.2, 0.25) is 0 Å². The lowest BCUT2D eigenvalue weighted by Gasteiger charge is -2.10. The first kappa shape index (κ1) is 15.9. The fraction of sp³-hybridized carbons (Fsp3) is 0.278. The van der Waals surface area contributed by atoms with Gasteiger partial charge in [-0.3, -0.25) is 0 Å². The van der Waals surface area contributed by atoms with Gasteiger partial charge in [-0.25, -0.2) is 4.79 Å². The molecule has 0 saturated carbocycles. The third-order valence-corrected chi connectivity index (χ3v) is 2.90. The second kappa shape index (κ2) is 8.08. The molecule has 0 heterocycles. The van der Waals surface area contributed by atoms with E-state index in [2.05, 4.69) is 19.2 Å². The molecular weight excluding hydrogens is 278 g/mol. The van der Waals surface area contributed by atoms with Crippen molar-refractivity contribution in [1.82, 2.24) is 5.32 Å². The highest BCUT2D eigenvalue weighted by Gasteiger charge is 2.04. The van der Waals surface area contributed by atoms with Gasteiger partial charge in [-0.15, -0.1) is 0 Å². The third-order valence-electron chi connectivity index (χ3n) is 2.90. The van der Waals surface area contributed by atoms with E-state index in [0.717, 1.165) is 11.3 Å². The SMILES string of the molecule is CC(C)COc1ccc(CNC(=O)Oc2ccccc2)cc1. The van der Waals surface area contributed by atoms with Crippen LogP contribution < -0.4 is 14.8 Å². The molecule has 0 fully saturated rings. The molecule has 1 N–H and O–H groups in total. The van der Waals surface area contributed by atoms with Crippen LogP contribution in [0.2, 0.25) is 0 Å². The molecule has 2 rings (SSSR count). The number of amides is 1. The second-order valence-corrected chi connectivity index (χ2v) is 5.40. The maximum atomic E-state index is 11.7. The van der Waals surface area contributed by atoms with Gasteiger partial charge in [0, 0.05) is 6.54 Å². The van der Waals surface area contributed by atoms with Crippen LogP contribution in [0.5, 0.6) is 11.5 Å². The molecule has 0 aliphatic rings.